The third kappa shape index (κ3) is 2.20. The summed E-state index contributed by atoms with van der Waals surface area (Å²) in [5, 5.41) is 0. The van der Waals surface area contributed by atoms with Gasteiger partial charge in [-0.1, -0.05) is 13.3 Å². The van der Waals surface area contributed by atoms with E-state index in [1.807, 2.05) is 4.90 Å². The molecule has 1 unspecified atom stereocenters. The number of hydrogen-bond acceptors (Lipinski definition) is 3. The van der Waals surface area contributed by atoms with Gasteiger partial charge < -0.3 is 15.6 Å². The first-order chi connectivity index (χ1) is 8.05. The minimum atomic E-state index is -1.02. The first-order valence-electron chi connectivity index (χ1n) is 6.13. The minimum absolute atomic E-state index is 0.0306. The number of nitrogens with one attached hydrogen (secondary N) is 1. The second-order valence-electron chi connectivity index (χ2n) is 5.02. The smallest absolute Gasteiger partial charge is 0.248 e. The minimum Gasteiger partial charge on any atom is -0.351 e. The summed E-state index contributed by atoms with van der Waals surface area (Å²) < 4.78 is 0. The Hall–Kier alpha value is -1.36. The molecule has 1 saturated heterocycles. The predicted octanol–water partition coefficient (Wildman–Crippen LogP) is 0.842. The Balaban J connectivity index is 1.97. The zero-order valence-electron chi connectivity index (χ0n) is 10.4. The van der Waals surface area contributed by atoms with Gasteiger partial charge in [0.15, 0.2) is 0 Å². The van der Waals surface area contributed by atoms with Gasteiger partial charge in [-0.3, -0.25) is 4.79 Å². The van der Waals surface area contributed by atoms with Crippen molar-refractivity contribution < 1.29 is 4.79 Å². The van der Waals surface area contributed by atoms with Gasteiger partial charge in [-0.15, -0.1) is 0 Å². The van der Waals surface area contributed by atoms with Gasteiger partial charge in [0, 0.05) is 19.3 Å². The molecular weight excluding hydrogens is 216 g/mol. The van der Waals surface area contributed by atoms with E-state index in [4.69, 9.17) is 5.73 Å². The normalized spacial score (nSPS) is 19.8. The molecule has 2 rings (SSSR count). The number of nitrogens with zero attached hydrogens (tertiary/aromatic N) is 2. The number of hydrogen-bond donors (Lipinski definition) is 2. The van der Waals surface area contributed by atoms with Crippen LogP contribution in [0.4, 0.5) is 0 Å². The van der Waals surface area contributed by atoms with Crippen molar-refractivity contribution in [2.45, 2.75) is 32.2 Å². The third-order valence-electron chi connectivity index (χ3n) is 3.42. The molecule has 3 N–H and O–H groups in total. The number of H-pyrrole nitrogens is 1. The molecule has 0 bridgehead atoms. The Bertz CT molecular complexity index is 379. The number of aromatic amines is 1. The van der Waals surface area contributed by atoms with E-state index in [0.29, 0.717) is 11.6 Å². The lowest BCUT2D eigenvalue weighted by molar-refractivity contribution is -0.143. The molecule has 0 spiro atoms. The Morgan fingerprint density at radius 1 is 1.71 bits per heavy atom. The van der Waals surface area contributed by atoms with Crippen LogP contribution in [-0.2, 0) is 10.3 Å². The van der Waals surface area contributed by atoms with Crippen LogP contribution in [0.2, 0.25) is 0 Å². The fourth-order valence-electron chi connectivity index (χ4n) is 2.31. The summed E-state index contributed by atoms with van der Waals surface area (Å²) in [5.74, 6) is 0.621. The first kappa shape index (κ1) is 12.1. The molecule has 0 aliphatic carbocycles. The summed E-state index contributed by atoms with van der Waals surface area (Å²) >= 11 is 0. The summed E-state index contributed by atoms with van der Waals surface area (Å²) in [6, 6.07) is 0. The van der Waals surface area contributed by atoms with Gasteiger partial charge in [0.1, 0.15) is 5.54 Å². The van der Waals surface area contributed by atoms with Crippen LogP contribution >= 0.6 is 0 Å². The molecule has 2 heterocycles. The van der Waals surface area contributed by atoms with Gasteiger partial charge in [-0.2, -0.15) is 0 Å². The highest BCUT2D eigenvalue weighted by Crippen LogP contribution is 2.26. The first-order valence-corrected chi connectivity index (χ1v) is 6.13. The largest absolute Gasteiger partial charge is 0.351 e. The van der Waals surface area contributed by atoms with Crippen molar-refractivity contribution in [2.24, 2.45) is 11.7 Å². The lowest BCUT2D eigenvalue weighted by Gasteiger charge is -2.42. The van der Waals surface area contributed by atoms with Crippen molar-refractivity contribution in [1.29, 1.82) is 0 Å². The molecule has 0 aromatic carbocycles. The van der Waals surface area contributed by atoms with Crippen LogP contribution in [0.5, 0.6) is 0 Å². The van der Waals surface area contributed by atoms with Gasteiger partial charge in [0.2, 0.25) is 5.91 Å². The van der Waals surface area contributed by atoms with E-state index in [1.165, 1.54) is 12.8 Å². The average Bonchev–Trinajstić information content (AvgIpc) is 2.75. The number of likely N-dealkylation sites (tertiary alicyclic amines) is 1. The van der Waals surface area contributed by atoms with Crippen LogP contribution in [0.25, 0.3) is 0 Å². The lowest BCUT2D eigenvalue weighted by atomic mass is 9.90. The van der Waals surface area contributed by atoms with Crippen molar-refractivity contribution in [2.75, 3.05) is 13.1 Å². The van der Waals surface area contributed by atoms with E-state index in [-0.39, 0.29) is 5.91 Å². The molecule has 1 aliphatic rings. The number of rotatable bonds is 4. The average molecular weight is 236 g/mol. The predicted molar refractivity (Wildman–Crippen MR) is 65.1 cm³/mol. The second kappa shape index (κ2) is 4.49. The third-order valence-corrected chi connectivity index (χ3v) is 3.42. The number of imidazole rings is 1. The Morgan fingerprint density at radius 3 is 2.94 bits per heavy atom. The highest BCUT2D eigenvalue weighted by molar-refractivity contribution is 5.87. The van der Waals surface area contributed by atoms with Crippen molar-refractivity contribution in [3.05, 3.63) is 18.2 Å². The Labute approximate surface area is 101 Å². The maximum atomic E-state index is 12.2. The van der Waals surface area contributed by atoms with Crippen LogP contribution in [0.3, 0.4) is 0 Å². The van der Waals surface area contributed by atoms with Crippen LogP contribution in [0.1, 0.15) is 32.4 Å². The van der Waals surface area contributed by atoms with Crippen LogP contribution in [0.15, 0.2) is 12.5 Å². The fourth-order valence-corrected chi connectivity index (χ4v) is 2.31. The molecule has 1 aromatic rings. The molecule has 1 aromatic heterocycles. The SMILES string of the molecule is CCCC1CN(C(=O)C(C)(N)c2c[nH]cn2)C1. The molecular formula is C12H20N4O. The van der Waals surface area contributed by atoms with Gasteiger partial charge in [-0.25, -0.2) is 4.98 Å². The quantitative estimate of drug-likeness (QED) is 0.813. The van der Waals surface area contributed by atoms with E-state index in [9.17, 15) is 4.79 Å². The van der Waals surface area contributed by atoms with Crippen molar-refractivity contribution in [3.63, 3.8) is 0 Å². The molecule has 0 saturated carbocycles. The molecule has 0 radical (unpaired) electrons. The van der Waals surface area contributed by atoms with Gasteiger partial charge in [-0.05, 0) is 19.3 Å². The number of carbonyl (C=O) groups excluding carboxylic acids is 1. The number of carbonyl (C=O) groups is 1. The van der Waals surface area contributed by atoms with Crippen molar-refractivity contribution >= 4 is 5.91 Å². The standard InChI is InChI=1S/C12H20N4O/c1-3-4-9-6-16(7-9)11(17)12(2,13)10-5-14-8-15-10/h5,8-9H,3-4,6-7,13H2,1-2H3,(H,14,15). The summed E-state index contributed by atoms with van der Waals surface area (Å²) in [6.45, 7) is 5.56. The lowest BCUT2D eigenvalue weighted by Crippen LogP contribution is -2.59. The van der Waals surface area contributed by atoms with Gasteiger partial charge in [0.25, 0.3) is 0 Å². The number of amides is 1. The summed E-state index contributed by atoms with van der Waals surface area (Å²) in [7, 11) is 0. The molecule has 5 nitrogen and oxygen atoms in total. The molecule has 94 valence electrons. The Kier molecular flexibility index (Phi) is 3.19. The highest BCUT2D eigenvalue weighted by Gasteiger charge is 2.40. The summed E-state index contributed by atoms with van der Waals surface area (Å²) in [6.07, 6.45) is 5.59. The summed E-state index contributed by atoms with van der Waals surface area (Å²) in [4.78, 5) is 21.0. The van der Waals surface area contributed by atoms with Crippen molar-refractivity contribution in [1.82, 2.24) is 14.9 Å². The maximum Gasteiger partial charge on any atom is 0.248 e. The van der Waals surface area contributed by atoms with Crippen LogP contribution in [0, 0.1) is 5.92 Å². The second-order valence-corrected chi connectivity index (χ2v) is 5.02. The molecule has 1 aliphatic heterocycles. The van der Waals surface area contributed by atoms with E-state index in [2.05, 4.69) is 16.9 Å². The fraction of sp³-hybridized carbons (Fsp3) is 0.667. The van der Waals surface area contributed by atoms with Gasteiger partial charge >= 0.3 is 0 Å². The van der Waals surface area contributed by atoms with E-state index in [1.54, 1.807) is 19.4 Å². The Morgan fingerprint density at radius 2 is 2.41 bits per heavy atom. The molecule has 5 heteroatoms. The van der Waals surface area contributed by atoms with Crippen LogP contribution in [-0.4, -0.2) is 33.9 Å². The molecule has 1 atom stereocenters. The topological polar surface area (TPSA) is 75.0 Å². The molecule has 17 heavy (non-hydrogen) atoms. The van der Waals surface area contributed by atoms with Crippen LogP contribution < -0.4 is 5.73 Å². The van der Waals surface area contributed by atoms with E-state index >= 15 is 0 Å². The van der Waals surface area contributed by atoms with E-state index in [0.717, 1.165) is 13.1 Å². The number of aromatic nitrogens is 2. The number of nitrogens with two attached hydrogens (primary N) is 1. The zero-order chi connectivity index (χ0) is 12.5. The summed E-state index contributed by atoms with van der Waals surface area (Å²) in [5.41, 5.74) is 5.66. The van der Waals surface area contributed by atoms with Crippen molar-refractivity contribution in [3.8, 4) is 0 Å². The maximum absolute atomic E-state index is 12.2. The van der Waals surface area contributed by atoms with E-state index < -0.39 is 5.54 Å². The van der Waals surface area contributed by atoms with Gasteiger partial charge in [0.05, 0.1) is 12.0 Å². The molecule has 1 fully saturated rings. The monoisotopic (exact) mass is 236 g/mol. The highest BCUT2D eigenvalue weighted by atomic mass is 16.2. The molecule has 1 amide bonds. The zero-order valence-corrected chi connectivity index (χ0v) is 10.4.